The lowest BCUT2D eigenvalue weighted by Crippen LogP contribution is -2.43. The molecular formula is C38H49N3O5. The van der Waals surface area contributed by atoms with E-state index in [0.717, 1.165) is 65.7 Å². The van der Waals surface area contributed by atoms with Crippen LogP contribution in [0.25, 0.3) is 11.1 Å². The Kier molecular flexibility index (Phi) is 13.5. The van der Waals surface area contributed by atoms with Crippen molar-refractivity contribution in [2.45, 2.75) is 71.2 Å². The first-order valence-corrected chi connectivity index (χ1v) is 16.3. The molecule has 1 fully saturated rings. The SMILES string of the molecule is C=CCN(C)C[C@@H]1O[C@H](c2ccc(-c3cccc(CNC(=O)CCCCCNC(C)=O)c3)cc2)O[C@H](c2ccc(CO)cc2)[C@@H]1C. The monoisotopic (exact) mass is 627 g/mol. The van der Waals surface area contributed by atoms with Crippen molar-refractivity contribution < 1.29 is 24.2 Å². The molecule has 0 radical (unpaired) electrons. The average Bonchev–Trinajstić information content (AvgIpc) is 3.06. The number of hydrogen-bond acceptors (Lipinski definition) is 6. The summed E-state index contributed by atoms with van der Waals surface area (Å²) in [6.45, 7) is 10.2. The minimum Gasteiger partial charge on any atom is -0.392 e. The van der Waals surface area contributed by atoms with E-state index in [1.807, 2.05) is 42.5 Å². The number of carbonyl (C=O) groups is 2. The fourth-order valence-electron chi connectivity index (χ4n) is 5.76. The van der Waals surface area contributed by atoms with E-state index in [4.69, 9.17) is 9.47 Å². The van der Waals surface area contributed by atoms with Crippen LogP contribution in [0.4, 0.5) is 0 Å². The van der Waals surface area contributed by atoms with Crippen LogP contribution in [-0.2, 0) is 32.2 Å². The predicted octanol–water partition coefficient (Wildman–Crippen LogP) is 6.07. The number of benzene rings is 3. The van der Waals surface area contributed by atoms with Gasteiger partial charge in [0.15, 0.2) is 6.29 Å². The standard InChI is InChI=1S/C38H49N3O5/c1-5-22-41(4)25-35-27(2)37(32-15-13-29(26-42)14-16-32)46-38(45-35)33-19-17-31(18-20-33)34-11-9-10-30(23-34)24-40-36(44)12-7-6-8-21-39-28(3)43/h5,9-11,13-20,23,27,35,37-38,42H,1,6-8,12,21-22,24-26H2,2-4H3,(H,39,43)(H,40,44)/t27-,35+,37+,38+/m1/s1. The summed E-state index contributed by atoms with van der Waals surface area (Å²) in [5, 5.41) is 15.3. The molecule has 8 heteroatoms. The fraction of sp³-hybridized carbons (Fsp3) is 0.421. The zero-order valence-corrected chi connectivity index (χ0v) is 27.4. The Balaban J connectivity index is 1.39. The third kappa shape index (κ3) is 10.4. The molecule has 2 amide bonds. The van der Waals surface area contributed by atoms with Gasteiger partial charge in [0, 0.05) is 51.0 Å². The largest absolute Gasteiger partial charge is 0.392 e. The number of aliphatic hydroxyl groups excluding tert-OH is 1. The molecule has 4 rings (SSSR count). The summed E-state index contributed by atoms with van der Waals surface area (Å²) in [7, 11) is 2.07. The molecule has 8 nitrogen and oxygen atoms in total. The third-order valence-electron chi connectivity index (χ3n) is 8.44. The summed E-state index contributed by atoms with van der Waals surface area (Å²) in [4.78, 5) is 25.5. The van der Waals surface area contributed by atoms with Crippen molar-refractivity contribution >= 4 is 11.8 Å². The second-order valence-electron chi connectivity index (χ2n) is 12.2. The molecule has 3 aromatic rings. The normalized spacial score (nSPS) is 19.5. The number of nitrogens with zero attached hydrogens (tertiary/aromatic N) is 1. The third-order valence-corrected chi connectivity index (χ3v) is 8.44. The topological polar surface area (TPSA) is 100 Å². The lowest BCUT2D eigenvalue weighted by atomic mass is 9.90. The van der Waals surface area contributed by atoms with Gasteiger partial charge in [0.05, 0.1) is 18.8 Å². The lowest BCUT2D eigenvalue weighted by Gasteiger charge is -2.42. The first kappa shape index (κ1) is 35.0. The summed E-state index contributed by atoms with van der Waals surface area (Å²) in [6, 6.07) is 24.5. The number of amides is 2. The van der Waals surface area contributed by atoms with E-state index in [2.05, 4.69) is 72.5 Å². The van der Waals surface area contributed by atoms with Gasteiger partial charge in [-0.1, -0.05) is 86.2 Å². The van der Waals surface area contributed by atoms with Gasteiger partial charge in [-0.3, -0.25) is 9.59 Å². The number of unbranched alkanes of at least 4 members (excludes halogenated alkanes) is 2. The van der Waals surface area contributed by atoms with E-state index >= 15 is 0 Å². The molecule has 1 heterocycles. The number of aliphatic hydroxyl groups is 1. The molecule has 1 aliphatic rings. The second-order valence-corrected chi connectivity index (χ2v) is 12.2. The first-order valence-electron chi connectivity index (χ1n) is 16.3. The van der Waals surface area contributed by atoms with Gasteiger partial charge in [0.2, 0.25) is 11.8 Å². The molecule has 0 bridgehead atoms. The molecule has 3 aromatic carbocycles. The molecule has 0 aliphatic carbocycles. The Bertz CT molecular complexity index is 1410. The lowest BCUT2D eigenvalue weighted by molar-refractivity contribution is -0.275. The first-order chi connectivity index (χ1) is 22.3. The Morgan fingerprint density at radius 2 is 1.65 bits per heavy atom. The molecule has 1 saturated heterocycles. The van der Waals surface area contributed by atoms with Crippen LogP contribution in [0, 0.1) is 5.92 Å². The van der Waals surface area contributed by atoms with Gasteiger partial charge in [-0.25, -0.2) is 0 Å². The van der Waals surface area contributed by atoms with Gasteiger partial charge in [0.1, 0.15) is 0 Å². The van der Waals surface area contributed by atoms with E-state index in [1.54, 1.807) is 0 Å². The van der Waals surface area contributed by atoms with E-state index in [0.29, 0.717) is 19.5 Å². The Morgan fingerprint density at radius 1 is 0.913 bits per heavy atom. The van der Waals surface area contributed by atoms with Crippen molar-refractivity contribution in [2.24, 2.45) is 5.92 Å². The second kappa shape index (κ2) is 17.8. The molecule has 0 aromatic heterocycles. The quantitative estimate of drug-likeness (QED) is 0.132. The molecule has 3 N–H and O–H groups in total. The Morgan fingerprint density at radius 3 is 2.35 bits per heavy atom. The van der Waals surface area contributed by atoms with Crippen molar-refractivity contribution in [1.29, 1.82) is 0 Å². The van der Waals surface area contributed by atoms with Crippen LogP contribution in [0.2, 0.25) is 0 Å². The van der Waals surface area contributed by atoms with Gasteiger partial charge in [-0.15, -0.1) is 6.58 Å². The van der Waals surface area contributed by atoms with Gasteiger partial charge in [0.25, 0.3) is 0 Å². The highest BCUT2D eigenvalue weighted by molar-refractivity contribution is 5.76. The number of hydrogen-bond donors (Lipinski definition) is 3. The number of rotatable bonds is 16. The summed E-state index contributed by atoms with van der Waals surface area (Å²) in [5.74, 6) is 0.124. The number of likely N-dealkylation sites (N-methyl/N-ethyl adjacent to an activating group) is 1. The maximum Gasteiger partial charge on any atom is 0.220 e. The fourth-order valence-corrected chi connectivity index (χ4v) is 5.76. The Labute approximate surface area is 273 Å². The molecule has 0 spiro atoms. The molecule has 1 aliphatic heterocycles. The highest BCUT2D eigenvalue weighted by Gasteiger charge is 2.38. The highest BCUT2D eigenvalue weighted by atomic mass is 16.7. The molecule has 46 heavy (non-hydrogen) atoms. The van der Waals surface area contributed by atoms with Crippen molar-refractivity contribution in [3.05, 3.63) is 108 Å². The molecule has 246 valence electrons. The summed E-state index contributed by atoms with van der Waals surface area (Å²) < 4.78 is 13.2. The summed E-state index contributed by atoms with van der Waals surface area (Å²) in [6.07, 6.45) is 4.21. The minimum atomic E-state index is -0.526. The van der Waals surface area contributed by atoms with E-state index in [9.17, 15) is 14.7 Å². The maximum absolute atomic E-state index is 12.4. The molecular weight excluding hydrogens is 578 g/mol. The van der Waals surface area contributed by atoms with E-state index < -0.39 is 6.29 Å². The average molecular weight is 628 g/mol. The van der Waals surface area contributed by atoms with Crippen molar-refractivity contribution in [2.75, 3.05) is 26.7 Å². The van der Waals surface area contributed by atoms with Crippen molar-refractivity contribution in [3.8, 4) is 11.1 Å². The van der Waals surface area contributed by atoms with Crippen molar-refractivity contribution in [3.63, 3.8) is 0 Å². The van der Waals surface area contributed by atoms with Crippen molar-refractivity contribution in [1.82, 2.24) is 15.5 Å². The van der Waals surface area contributed by atoms with Crippen LogP contribution in [-0.4, -0.2) is 54.6 Å². The van der Waals surface area contributed by atoms with Gasteiger partial charge in [-0.05, 0) is 53.8 Å². The Hall–Kier alpha value is -3.82. The highest BCUT2D eigenvalue weighted by Crippen LogP contribution is 2.42. The number of ether oxygens (including phenoxy) is 2. The zero-order valence-electron chi connectivity index (χ0n) is 27.4. The van der Waals surface area contributed by atoms with Crippen LogP contribution in [0.3, 0.4) is 0 Å². The number of nitrogens with one attached hydrogen (secondary N) is 2. The smallest absolute Gasteiger partial charge is 0.220 e. The maximum atomic E-state index is 12.4. The van der Waals surface area contributed by atoms with Gasteiger partial charge in [-0.2, -0.15) is 0 Å². The van der Waals surface area contributed by atoms with E-state index in [1.165, 1.54) is 6.92 Å². The van der Waals surface area contributed by atoms with Crippen LogP contribution >= 0.6 is 0 Å². The molecule has 0 saturated carbocycles. The van der Waals surface area contributed by atoms with E-state index in [-0.39, 0.29) is 36.5 Å². The van der Waals surface area contributed by atoms with Gasteiger partial charge < -0.3 is 30.1 Å². The van der Waals surface area contributed by atoms with Crippen LogP contribution in [0.5, 0.6) is 0 Å². The minimum absolute atomic E-state index is 0.00892. The summed E-state index contributed by atoms with van der Waals surface area (Å²) in [5.41, 5.74) is 6.06. The predicted molar refractivity (Wildman–Crippen MR) is 182 cm³/mol. The molecule has 4 atom stereocenters. The summed E-state index contributed by atoms with van der Waals surface area (Å²) >= 11 is 0. The molecule has 0 unspecified atom stereocenters. The van der Waals surface area contributed by atoms with Gasteiger partial charge >= 0.3 is 0 Å². The van der Waals surface area contributed by atoms with Crippen LogP contribution in [0.15, 0.2) is 85.5 Å². The van der Waals surface area contributed by atoms with Crippen LogP contribution in [0.1, 0.15) is 74.2 Å². The number of carbonyl (C=O) groups excluding carboxylic acids is 2. The zero-order chi connectivity index (χ0) is 32.9. The van der Waals surface area contributed by atoms with Crippen LogP contribution < -0.4 is 10.6 Å².